The number of phenolic OH excluding ortho intramolecular Hbond substituents is 1. The van der Waals surface area contributed by atoms with E-state index in [4.69, 9.17) is 5.11 Å². The van der Waals surface area contributed by atoms with Gasteiger partial charge in [-0.3, -0.25) is 4.79 Å². The number of anilines is 1. The summed E-state index contributed by atoms with van der Waals surface area (Å²) in [6.07, 6.45) is 0. The highest BCUT2D eigenvalue weighted by atomic mass is 16.3. The highest BCUT2D eigenvalue weighted by molar-refractivity contribution is 5.80. The third-order valence-corrected chi connectivity index (χ3v) is 1.69. The van der Waals surface area contributed by atoms with E-state index in [1.165, 1.54) is 0 Å². The number of phenols is 1. The van der Waals surface area contributed by atoms with Crippen LogP contribution in [-0.4, -0.2) is 24.1 Å². The van der Waals surface area contributed by atoms with Crippen molar-refractivity contribution in [3.8, 4) is 5.75 Å². The lowest BCUT2D eigenvalue weighted by Gasteiger charge is -2.05. The van der Waals surface area contributed by atoms with Gasteiger partial charge in [0.1, 0.15) is 5.75 Å². The molecule has 0 saturated heterocycles. The Morgan fingerprint density at radius 1 is 1.36 bits per heavy atom. The molecule has 0 aliphatic heterocycles. The summed E-state index contributed by atoms with van der Waals surface area (Å²) < 4.78 is 0. The van der Waals surface area contributed by atoms with Crippen molar-refractivity contribution in [3.63, 3.8) is 0 Å². The number of carbonyl (C=O) groups is 1. The average Bonchev–Trinajstić information content (AvgIpc) is 2.17. The minimum absolute atomic E-state index is 0.0411. The summed E-state index contributed by atoms with van der Waals surface area (Å²) >= 11 is 0. The molecule has 0 atom stereocenters. The molecule has 1 aromatic carbocycles. The van der Waals surface area contributed by atoms with Gasteiger partial charge in [-0.1, -0.05) is 0 Å². The number of hydrogen-bond acceptors (Lipinski definition) is 3. The molecule has 0 aliphatic carbocycles. The lowest BCUT2D eigenvalue weighted by Crippen LogP contribution is -2.29. The second-order valence-corrected chi connectivity index (χ2v) is 2.85. The smallest absolute Gasteiger partial charge is 0.239 e. The van der Waals surface area contributed by atoms with Crippen molar-refractivity contribution >= 4 is 11.6 Å². The van der Waals surface area contributed by atoms with E-state index in [1.54, 1.807) is 24.3 Å². The van der Waals surface area contributed by atoms with E-state index in [0.717, 1.165) is 5.69 Å². The molecule has 0 unspecified atom stereocenters. The monoisotopic (exact) mass is 194 g/mol. The molecule has 0 heterocycles. The van der Waals surface area contributed by atoms with Gasteiger partial charge in [-0.15, -0.1) is 0 Å². The van der Waals surface area contributed by atoms with Crippen LogP contribution in [0.15, 0.2) is 24.3 Å². The first-order valence-corrected chi connectivity index (χ1v) is 4.52. The summed E-state index contributed by atoms with van der Waals surface area (Å²) in [6, 6.07) is 6.57. The van der Waals surface area contributed by atoms with Gasteiger partial charge in [-0.2, -0.15) is 0 Å². The van der Waals surface area contributed by atoms with Gasteiger partial charge >= 0.3 is 0 Å². The molecule has 0 fully saturated rings. The van der Waals surface area contributed by atoms with Crippen molar-refractivity contribution < 1.29 is 9.90 Å². The molecule has 1 aromatic rings. The van der Waals surface area contributed by atoms with Crippen molar-refractivity contribution in [2.24, 2.45) is 0 Å². The first kappa shape index (κ1) is 10.4. The van der Waals surface area contributed by atoms with E-state index in [-0.39, 0.29) is 18.2 Å². The second kappa shape index (κ2) is 5.11. The Balaban J connectivity index is 2.38. The van der Waals surface area contributed by atoms with Gasteiger partial charge in [-0.25, -0.2) is 0 Å². The molecule has 0 radical (unpaired) electrons. The van der Waals surface area contributed by atoms with Gasteiger partial charge in [0.15, 0.2) is 0 Å². The van der Waals surface area contributed by atoms with Crippen molar-refractivity contribution in [1.82, 2.24) is 5.32 Å². The number of nitrogens with one attached hydrogen (secondary N) is 2. The molecular weight excluding hydrogens is 180 g/mol. The summed E-state index contributed by atoms with van der Waals surface area (Å²) in [5.41, 5.74) is 0.814. The Bertz CT molecular complexity index is 295. The van der Waals surface area contributed by atoms with Gasteiger partial charge in [0.05, 0.1) is 6.54 Å². The van der Waals surface area contributed by atoms with Crippen LogP contribution in [0, 0.1) is 0 Å². The van der Waals surface area contributed by atoms with Gasteiger partial charge in [0, 0.05) is 12.2 Å². The molecule has 76 valence electrons. The van der Waals surface area contributed by atoms with Gasteiger partial charge in [-0.05, 0) is 31.2 Å². The molecular formula is C10H14N2O2. The Morgan fingerprint density at radius 2 is 2.00 bits per heavy atom. The van der Waals surface area contributed by atoms with Crippen molar-refractivity contribution in [2.75, 3.05) is 18.4 Å². The lowest BCUT2D eigenvalue weighted by atomic mass is 10.3. The van der Waals surface area contributed by atoms with Crippen LogP contribution in [0.25, 0.3) is 0 Å². The topological polar surface area (TPSA) is 61.4 Å². The van der Waals surface area contributed by atoms with E-state index >= 15 is 0 Å². The maximum Gasteiger partial charge on any atom is 0.239 e. The van der Waals surface area contributed by atoms with E-state index in [1.807, 2.05) is 6.92 Å². The summed E-state index contributed by atoms with van der Waals surface area (Å²) in [4.78, 5) is 11.1. The quantitative estimate of drug-likeness (QED) is 0.625. The number of benzene rings is 1. The zero-order chi connectivity index (χ0) is 10.4. The normalized spacial score (nSPS) is 9.50. The SMILES string of the molecule is CCNC(=O)CNc1ccc(O)cc1. The van der Waals surface area contributed by atoms with Crippen LogP contribution in [0.4, 0.5) is 5.69 Å². The molecule has 0 spiro atoms. The second-order valence-electron chi connectivity index (χ2n) is 2.85. The van der Waals surface area contributed by atoms with Crippen LogP contribution in [0.2, 0.25) is 0 Å². The fourth-order valence-corrected chi connectivity index (χ4v) is 1.02. The third-order valence-electron chi connectivity index (χ3n) is 1.69. The number of likely N-dealkylation sites (N-methyl/N-ethyl adjacent to an activating group) is 1. The van der Waals surface area contributed by atoms with Gasteiger partial charge in [0.25, 0.3) is 0 Å². The zero-order valence-corrected chi connectivity index (χ0v) is 8.08. The molecule has 1 rings (SSSR count). The van der Waals surface area contributed by atoms with Gasteiger partial charge in [0.2, 0.25) is 5.91 Å². The highest BCUT2D eigenvalue weighted by Crippen LogP contribution is 2.12. The van der Waals surface area contributed by atoms with Crippen LogP contribution in [0.1, 0.15) is 6.92 Å². The number of carbonyl (C=O) groups excluding carboxylic acids is 1. The zero-order valence-electron chi connectivity index (χ0n) is 8.08. The standard InChI is InChI=1S/C10H14N2O2/c1-2-11-10(14)7-12-8-3-5-9(13)6-4-8/h3-6,12-13H,2,7H2,1H3,(H,11,14). The van der Waals surface area contributed by atoms with Gasteiger partial charge < -0.3 is 15.7 Å². The molecule has 4 nitrogen and oxygen atoms in total. The molecule has 14 heavy (non-hydrogen) atoms. The highest BCUT2D eigenvalue weighted by Gasteiger charge is 1.98. The molecule has 1 amide bonds. The average molecular weight is 194 g/mol. The van der Waals surface area contributed by atoms with Crippen LogP contribution in [0.3, 0.4) is 0 Å². The van der Waals surface area contributed by atoms with Crippen molar-refractivity contribution in [1.29, 1.82) is 0 Å². The largest absolute Gasteiger partial charge is 0.508 e. The minimum Gasteiger partial charge on any atom is -0.508 e. The maximum absolute atomic E-state index is 11.1. The predicted octanol–water partition coefficient (Wildman–Crippen LogP) is 0.940. The van der Waals surface area contributed by atoms with E-state index < -0.39 is 0 Å². The van der Waals surface area contributed by atoms with Crippen molar-refractivity contribution in [3.05, 3.63) is 24.3 Å². The molecule has 0 aliphatic rings. The number of rotatable bonds is 4. The summed E-state index contributed by atoms with van der Waals surface area (Å²) in [6.45, 7) is 2.76. The molecule has 0 bridgehead atoms. The van der Waals surface area contributed by atoms with E-state index in [9.17, 15) is 4.79 Å². The Morgan fingerprint density at radius 3 is 2.57 bits per heavy atom. The van der Waals surface area contributed by atoms with Crippen LogP contribution in [-0.2, 0) is 4.79 Å². The fraction of sp³-hybridized carbons (Fsp3) is 0.300. The van der Waals surface area contributed by atoms with Crippen LogP contribution >= 0.6 is 0 Å². The number of hydrogen-bond donors (Lipinski definition) is 3. The minimum atomic E-state index is -0.0411. The summed E-state index contributed by atoms with van der Waals surface area (Å²) in [5, 5.41) is 14.6. The summed E-state index contributed by atoms with van der Waals surface area (Å²) in [7, 11) is 0. The molecule has 3 N–H and O–H groups in total. The lowest BCUT2D eigenvalue weighted by molar-refractivity contribution is -0.119. The number of aromatic hydroxyl groups is 1. The van der Waals surface area contributed by atoms with E-state index in [2.05, 4.69) is 10.6 Å². The van der Waals surface area contributed by atoms with Crippen LogP contribution in [0.5, 0.6) is 5.75 Å². The first-order chi connectivity index (χ1) is 6.72. The molecule has 0 aromatic heterocycles. The van der Waals surface area contributed by atoms with Crippen molar-refractivity contribution in [2.45, 2.75) is 6.92 Å². The number of amides is 1. The fourth-order valence-electron chi connectivity index (χ4n) is 1.02. The molecule has 4 heteroatoms. The van der Waals surface area contributed by atoms with Crippen LogP contribution < -0.4 is 10.6 Å². The summed E-state index contributed by atoms with van der Waals surface area (Å²) in [5.74, 6) is 0.175. The predicted molar refractivity (Wildman–Crippen MR) is 55.3 cm³/mol. The Kier molecular flexibility index (Phi) is 3.79. The first-order valence-electron chi connectivity index (χ1n) is 4.52. The maximum atomic E-state index is 11.1. The Labute approximate surface area is 82.9 Å². The van der Waals surface area contributed by atoms with E-state index in [0.29, 0.717) is 6.54 Å². The Hall–Kier alpha value is -1.71. The molecule has 0 saturated carbocycles. The third kappa shape index (κ3) is 3.35.